The summed E-state index contributed by atoms with van der Waals surface area (Å²) >= 11 is 0. The first-order valence-corrected chi connectivity index (χ1v) is 4.47. The Morgan fingerprint density at radius 3 is 3.08 bits per heavy atom. The predicted octanol–water partition coefficient (Wildman–Crippen LogP) is 1.43. The maximum atomic E-state index is 8.72. The maximum absolute atomic E-state index is 8.72. The number of hydrogen-bond acceptors (Lipinski definition) is 3. The van der Waals surface area contributed by atoms with Crippen molar-refractivity contribution in [2.24, 2.45) is 0 Å². The minimum atomic E-state index is -0.155. The lowest BCUT2D eigenvalue weighted by Gasteiger charge is -2.00. The molecule has 0 aromatic rings. The van der Waals surface area contributed by atoms with E-state index in [1.54, 1.807) is 0 Å². The summed E-state index contributed by atoms with van der Waals surface area (Å²) in [5.74, 6) is 0.586. The van der Waals surface area contributed by atoms with Crippen LogP contribution in [0.5, 0.6) is 0 Å². The largest absolute Gasteiger partial charge is 0.462 e. The number of rotatable bonds is 4. The monoisotopic (exact) mass is 172 g/mol. The third-order valence-electron chi connectivity index (χ3n) is 1.77. The molecule has 1 unspecified atom stereocenters. The maximum Gasteiger partial charge on any atom is 0.275 e. The molecule has 0 radical (unpaired) electrons. The Bertz CT molecular complexity index is 154. The van der Waals surface area contributed by atoms with Crippen molar-refractivity contribution in [1.82, 2.24) is 0 Å². The molecule has 12 heavy (non-hydrogen) atoms. The van der Waals surface area contributed by atoms with Crippen LogP contribution in [0.2, 0.25) is 0 Å². The second-order valence-corrected chi connectivity index (χ2v) is 2.90. The van der Waals surface area contributed by atoms with Gasteiger partial charge in [0.2, 0.25) is 0 Å². The van der Waals surface area contributed by atoms with Gasteiger partial charge in [-0.2, -0.15) is 0 Å². The van der Waals surface area contributed by atoms with Gasteiger partial charge in [0.15, 0.2) is 6.10 Å². The van der Waals surface area contributed by atoms with Gasteiger partial charge in [0, 0.05) is 0 Å². The predicted molar refractivity (Wildman–Crippen MR) is 45.5 cm³/mol. The number of hydrogen-bond donors (Lipinski definition) is 1. The van der Waals surface area contributed by atoms with E-state index in [0.29, 0.717) is 12.6 Å². The van der Waals surface area contributed by atoms with E-state index in [1.807, 2.05) is 6.08 Å². The lowest BCUT2D eigenvalue weighted by Crippen LogP contribution is -2.13. The second kappa shape index (κ2) is 5.04. The minimum Gasteiger partial charge on any atom is -0.462 e. The molecular formula is C9H16O3. The summed E-state index contributed by atoms with van der Waals surface area (Å²) in [6.45, 7) is 2.66. The normalized spacial score (nSPS) is 25.5. The van der Waals surface area contributed by atoms with Gasteiger partial charge in [-0.25, -0.2) is 0 Å². The summed E-state index contributed by atoms with van der Waals surface area (Å²) in [6.07, 6.45) is 5.11. The van der Waals surface area contributed by atoms with Gasteiger partial charge >= 0.3 is 0 Å². The molecule has 1 aliphatic heterocycles. The highest BCUT2D eigenvalue weighted by Crippen LogP contribution is 2.15. The Morgan fingerprint density at radius 1 is 1.67 bits per heavy atom. The zero-order chi connectivity index (χ0) is 8.81. The highest BCUT2D eigenvalue weighted by atomic mass is 16.7. The van der Waals surface area contributed by atoms with Crippen molar-refractivity contribution in [2.45, 2.75) is 32.3 Å². The average molecular weight is 172 g/mol. The molecule has 70 valence electrons. The smallest absolute Gasteiger partial charge is 0.275 e. The topological polar surface area (TPSA) is 38.7 Å². The fraction of sp³-hybridized carbons (Fsp3) is 0.778. The molecule has 3 heteroatoms. The number of ether oxygens (including phenoxy) is 2. The van der Waals surface area contributed by atoms with Crippen LogP contribution in [0.1, 0.15) is 26.2 Å². The first kappa shape index (κ1) is 9.39. The molecule has 0 aromatic carbocycles. The minimum absolute atomic E-state index is 0.0329. The van der Waals surface area contributed by atoms with E-state index < -0.39 is 0 Å². The van der Waals surface area contributed by atoms with Crippen LogP contribution < -0.4 is 0 Å². The molecule has 1 atom stereocenters. The number of aliphatic hydroxyl groups excluding tert-OH is 1. The molecule has 3 nitrogen and oxygen atoms in total. The highest BCUT2D eigenvalue weighted by Gasteiger charge is 2.20. The molecule has 0 spiro atoms. The van der Waals surface area contributed by atoms with Gasteiger partial charge in [0.1, 0.15) is 6.61 Å². The van der Waals surface area contributed by atoms with Crippen molar-refractivity contribution in [3.63, 3.8) is 0 Å². The van der Waals surface area contributed by atoms with Crippen molar-refractivity contribution in [3.05, 3.63) is 12.0 Å². The van der Waals surface area contributed by atoms with Crippen LogP contribution in [0, 0.1) is 0 Å². The molecule has 0 aromatic heterocycles. The van der Waals surface area contributed by atoms with E-state index in [9.17, 15) is 0 Å². The summed E-state index contributed by atoms with van der Waals surface area (Å²) in [5.41, 5.74) is 0. The van der Waals surface area contributed by atoms with Gasteiger partial charge in [-0.15, -0.1) is 0 Å². The van der Waals surface area contributed by atoms with Crippen molar-refractivity contribution in [1.29, 1.82) is 0 Å². The van der Waals surface area contributed by atoms with Gasteiger partial charge in [-0.1, -0.05) is 13.3 Å². The molecule has 0 amide bonds. The quantitative estimate of drug-likeness (QED) is 0.652. The van der Waals surface area contributed by atoms with E-state index >= 15 is 0 Å². The van der Waals surface area contributed by atoms with Crippen LogP contribution in [-0.4, -0.2) is 24.4 Å². The Kier molecular flexibility index (Phi) is 3.94. The summed E-state index contributed by atoms with van der Waals surface area (Å²) in [5, 5.41) is 8.72. The molecule has 1 rings (SSSR count). The van der Waals surface area contributed by atoms with Crippen molar-refractivity contribution < 1.29 is 14.6 Å². The Labute approximate surface area is 73.0 Å². The third-order valence-corrected chi connectivity index (χ3v) is 1.77. The fourth-order valence-electron chi connectivity index (χ4n) is 1.03. The van der Waals surface area contributed by atoms with E-state index in [-0.39, 0.29) is 12.7 Å². The van der Waals surface area contributed by atoms with Gasteiger partial charge in [0.25, 0.3) is 5.95 Å². The molecule has 1 aliphatic rings. The van der Waals surface area contributed by atoms with Crippen LogP contribution in [0.15, 0.2) is 12.0 Å². The van der Waals surface area contributed by atoms with E-state index in [4.69, 9.17) is 14.6 Å². The number of allylic oxidation sites excluding steroid dienone is 1. The molecule has 0 bridgehead atoms. The van der Waals surface area contributed by atoms with Gasteiger partial charge in [-0.3, -0.25) is 0 Å². The summed E-state index contributed by atoms with van der Waals surface area (Å²) in [4.78, 5) is 0. The van der Waals surface area contributed by atoms with Gasteiger partial charge in [0.05, 0.1) is 6.61 Å². The Balaban J connectivity index is 2.21. The summed E-state index contributed by atoms with van der Waals surface area (Å²) in [7, 11) is 0. The zero-order valence-corrected chi connectivity index (χ0v) is 7.45. The van der Waals surface area contributed by atoms with Crippen molar-refractivity contribution in [3.8, 4) is 0 Å². The van der Waals surface area contributed by atoms with Crippen LogP contribution in [0.25, 0.3) is 0 Å². The van der Waals surface area contributed by atoms with E-state index in [0.717, 1.165) is 12.8 Å². The molecule has 1 fully saturated rings. The Morgan fingerprint density at radius 2 is 2.50 bits per heavy atom. The summed E-state index contributed by atoms with van der Waals surface area (Å²) in [6, 6.07) is 0. The van der Waals surface area contributed by atoms with E-state index in [2.05, 4.69) is 6.92 Å². The lowest BCUT2D eigenvalue weighted by atomic mass is 10.2. The van der Waals surface area contributed by atoms with Crippen molar-refractivity contribution in [2.75, 3.05) is 13.2 Å². The first-order chi connectivity index (χ1) is 5.86. The standard InChI is InChI=1S/C9H16O3/c1-2-3-4-5-9-11-7-8(6-10)12-9/h5,8,10H,2-4,6-7H2,1H3. The molecule has 0 saturated carbocycles. The molecule has 1 saturated heterocycles. The van der Waals surface area contributed by atoms with Gasteiger partial charge in [-0.05, 0) is 18.9 Å². The van der Waals surface area contributed by atoms with Crippen LogP contribution in [0.4, 0.5) is 0 Å². The second-order valence-electron chi connectivity index (χ2n) is 2.90. The van der Waals surface area contributed by atoms with Crippen molar-refractivity contribution >= 4 is 0 Å². The van der Waals surface area contributed by atoms with E-state index in [1.165, 1.54) is 6.42 Å². The molecule has 1 N–H and O–H groups in total. The van der Waals surface area contributed by atoms with Crippen LogP contribution in [0.3, 0.4) is 0 Å². The zero-order valence-electron chi connectivity index (χ0n) is 7.45. The molecule has 0 aliphatic carbocycles. The third kappa shape index (κ3) is 2.74. The average Bonchev–Trinajstić information content (AvgIpc) is 2.53. The lowest BCUT2D eigenvalue weighted by molar-refractivity contribution is 0.0925. The van der Waals surface area contributed by atoms with Crippen LogP contribution >= 0.6 is 0 Å². The number of aliphatic hydroxyl groups is 1. The van der Waals surface area contributed by atoms with Crippen LogP contribution in [-0.2, 0) is 9.47 Å². The number of unbranched alkanes of at least 4 members (excludes halogenated alkanes) is 2. The highest BCUT2D eigenvalue weighted by molar-refractivity contribution is 4.89. The fourth-order valence-corrected chi connectivity index (χ4v) is 1.03. The first-order valence-electron chi connectivity index (χ1n) is 4.47. The SMILES string of the molecule is CCCCC=C1OCC(CO)O1. The molecular weight excluding hydrogens is 156 g/mol. The Hall–Kier alpha value is -0.700. The van der Waals surface area contributed by atoms with Gasteiger partial charge < -0.3 is 14.6 Å². The molecule has 1 heterocycles. The summed E-state index contributed by atoms with van der Waals surface area (Å²) < 4.78 is 10.4.